The van der Waals surface area contributed by atoms with E-state index in [2.05, 4.69) is 5.32 Å². The monoisotopic (exact) mass is 418 g/mol. The highest BCUT2D eigenvalue weighted by Gasteiger charge is 2.23. The number of carbonyl (C=O) groups is 1. The summed E-state index contributed by atoms with van der Waals surface area (Å²) in [5.74, 6) is 0.486. The molecule has 2 rings (SSSR count). The highest BCUT2D eigenvalue weighted by Crippen LogP contribution is 2.26. The number of ether oxygens (including phenoxy) is 1. The van der Waals surface area contributed by atoms with E-state index in [9.17, 15) is 13.2 Å². The molecule has 0 heterocycles. The molecule has 0 aliphatic rings. The molecule has 0 fully saturated rings. The lowest BCUT2D eigenvalue weighted by Crippen LogP contribution is -2.30. The molecule has 158 valence electrons. The Labute approximate surface area is 173 Å². The third kappa shape index (κ3) is 5.81. The van der Waals surface area contributed by atoms with Crippen molar-refractivity contribution in [3.8, 4) is 5.75 Å². The average Bonchev–Trinajstić information content (AvgIpc) is 2.67. The first-order valence-electron chi connectivity index (χ1n) is 9.79. The largest absolute Gasteiger partial charge is 0.493 e. The van der Waals surface area contributed by atoms with Crippen molar-refractivity contribution in [3.05, 3.63) is 53.1 Å². The van der Waals surface area contributed by atoms with Crippen molar-refractivity contribution < 1.29 is 17.9 Å². The molecule has 2 aromatic carbocycles. The lowest BCUT2D eigenvalue weighted by Gasteiger charge is -2.20. The van der Waals surface area contributed by atoms with Crippen LogP contribution in [0.3, 0.4) is 0 Å². The van der Waals surface area contributed by atoms with Crippen LogP contribution in [0.4, 0.5) is 5.69 Å². The van der Waals surface area contributed by atoms with Crippen LogP contribution in [0.2, 0.25) is 0 Å². The SMILES string of the molecule is CCN(CC)S(=O)(=O)c1cc(C)c(C)c(NC(=O)CCOc2ccc(C)cc2)c1. The van der Waals surface area contributed by atoms with E-state index < -0.39 is 10.0 Å². The maximum Gasteiger partial charge on any atom is 0.243 e. The highest BCUT2D eigenvalue weighted by molar-refractivity contribution is 7.89. The summed E-state index contributed by atoms with van der Waals surface area (Å²) in [5.41, 5.74) is 3.30. The lowest BCUT2D eigenvalue weighted by atomic mass is 10.1. The number of nitrogens with zero attached hydrogens (tertiary/aromatic N) is 1. The van der Waals surface area contributed by atoms with Crippen LogP contribution in [-0.4, -0.2) is 38.3 Å². The second-order valence-electron chi connectivity index (χ2n) is 6.96. The number of benzene rings is 2. The molecule has 0 spiro atoms. The van der Waals surface area contributed by atoms with Gasteiger partial charge in [-0.2, -0.15) is 4.31 Å². The number of sulfonamides is 1. The number of nitrogens with one attached hydrogen (secondary N) is 1. The number of rotatable bonds is 9. The quantitative estimate of drug-likeness (QED) is 0.667. The summed E-state index contributed by atoms with van der Waals surface area (Å²) in [6.45, 7) is 10.3. The molecule has 0 bridgehead atoms. The summed E-state index contributed by atoms with van der Waals surface area (Å²) in [5, 5.41) is 2.83. The summed E-state index contributed by atoms with van der Waals surface area (Å²) in [4.78, 5) is 12.6. The topological polar surface area (TPSA) is 75.7 Å². The van der Waals surface area contributed by atoms with Gasteiger partial charge in [-0.1, -0.05) is 31.5 Å². The van der Waals surface area contributed by atoms with Crippen LogP contribution in [0, 0.1) is 20.8 Å². The Morgan fingerprint density at radius 1 is 1.03 bits per heavy atom. The molecule has 2 aromatic rings. The fourth-order valence-electron chi connectivity index (χ4n) is 2.93. The second kappa shape index (κ2) is 9.89. The first-order valence-corrected chi connectivity index (χ1v) is 11.2. The summed E-state index contributed by atoms with van der Waals surface area (Å²) in [6.07, 6.45) is 0.166. The lowest BCUT2D eigenvalue weighted by molar-refractivity contribution is -0.116. The predicted molar refractivity (Wildman–Crippen MR) is 116 cm³/mol. The highest BCUT2D eigenvalue weighted by atomic mass is 32.2. The average molecular weight is 419 g/mol. The first-order chi connectivity index (χ1) is 13.7. The third-order valence-electron chi connectivity index (χ3n) is 4.88. The molecule has 29 heavy (non-hydrogen) atoms. The Morgan fingerprint density at radius 2 is 1.66 bits per heavy atom. The van der Waals surface area contributed by atoms with Crippen molar-refractivity contribution in [3.63, 3.8) is 0 Å². The van der Waals surface area contributed by atoms with E-state index in [1.807, 2.05) is 45.0 Å². The zero-order valence-electron chi connectivity index (χ0n) is 17.8. The van der Waals surface area contributed by atoms with E-state index in [0.717, 1.165) is 16.7 Å². The molecule has 0 unspecified atom stereocenters. The van der Waals surface area contributed by atoms with Gasteiger partial charge >= 0.3 is 0 Å². The number of anilines is 1. The van der Waals surface area contributed by atoms with Gasteiger partial charge in [0.05, 0.1) is 17.9 Å². The second-order valence-corrected chi connectivity index (χ2v) is 8.90. The molecule has 0 radical (unpaired) electrons. The summed E-state index contributed by atoms with van der Waals surface area (Å²) < 4.78 is 32.7. The maximum absolute atomic E-state index is 12.8. The van der Waals surface area contributed by atoms with Crippen LogP contribution < -0.4 is 10.1 Å². The fraction of sp³-hybridized carbons (Fsp3) is 0.409. The van der Waals surface area contributed by atoms with Gasteiger partial charge in [0, 0.05) is 18.8 Å². The molecule has 0 saturated heterocycles. The van der Waals surface area contributed by atoms with Gasteiger partial charge in [-0.15, -0.1) is 0 Å². The van der Waals surface area contributed by atoms with Gasteiger partial charge in [0.1, 0.15) is 5.75 Å². The molecule has 0 atom stereocenters. The zero-order chi connectivity index (χ0) is 21.6. The summed E-state index contributed by atoms with van der Waals surface area (Å²) >= 11 is 0. The first kappa shape index (κ1) is 22.9. The van der Waals surface area contributed by atoms with Gasteiger partial charge in [0.25, 0.3) is 0 Å². The van der Waals surface area contributed by atoms with E-state index in [-0.39, 0.29) is 23.8 Å². The minimum atomic E-state index is -3.60. The van der Waals surface area contributed by atoms with Crippen LogP contribution in [-0.2, 0) is 14.8 Å². The molecule has 0 aromatic heterocycles. The number of hydrogen-bond donors (Lipinski definition) is 1. The normalized spacial score (nSPS) is 11.5. The minimum absolute atomic E-state index is 0.166. The zero-order valence-corrected chi connectivity index (χ0v) is 18.6. The Balaban J connectivity index is 2.10. The standard InChI is InChI=1S/C22H30N2O4S/c1-6-24(7-2)29(26,27)20-14-17(4)18(5)21(15-20)23-22(25)12-13-28-19-10-8-16(3)9-11-19/h8-11,14-15H,6-7,12-13H2,1-5H3,(H,23,25). The van der Waals surface area contributed by atoms with Gasteiger partial charge in [-0.05, 0) is 56.2 Å². The number of carbonyl (C=O) groups excluding carboxylic acids is 1. The van der Waals surface area contributed by atoms with E-state index in [1.54, 1.807) is 19.9 Å². The maximum atomic E-state index is 12.8. The molecule has 1 amide bonds. The van der Waals surface area contributed by atoms with Gasteiger partial charge < -0.3 is 10.1 Å². The van der Waals surface area contributed by atoms with E-state index >= 15 is 0 Å². The van der Waals surface area contributed by atoms with Crippen molar-refractivity contribution in [2.45, 2.75) is 45.9 Å². The Morgan fingerprint density at radius 3 is 2.24 bits per heavy atom. The third-order valence-corrected chi connectivity index (χ3v) is 6.90. The van der Waals surface area contributed by atoms with Gasteiger partial charge in [-0.25, -0.2) is 8.42 Å². The Kier molecular flexibility index (Phi) is 7.81. The molecule has 0 aliphatic heterocycles. The van der Waals surface area contributed by atoms with Gasteiger partial charge in [0.15, 0.2) is 0 Å². The molecular weight excluding hydrogens is 388 g/mol. The van der Waals surface area contributed by atoms with E-state index in [0.29, 0.717) is 24.5 Å². The molecule has 1 N–H and O–H groups in total. The van der Waals surface area contributed by atoms with Crippen molar-refractivity contribution >= 4 is 21.6 Å². The number of aryl methyl sites for hydroxylation is 2. The predicted octanol–water partition coefficient (Wildman–Crippen LogP) is 4.05. The van der Waals surface area contributed by atoms with Gasteiger partial charge in [-0.3, -0.25) is 4.79 Å². The molecule has 0 saturated carbocycles. The number of hydrogen-bond acceptors (Lipinski definition) is 4. The smallest absolute Gasteiger partial charge is 0.243 e. The minimum Gasteiger partial charge on any atom is -0.493 e. The van der Waals surface area contributed by atoms with Crippen molar-refractivity contribution in [2.75, 3.05) is 25.0 Å². The fourth-order valence-corrected chi connectivity index (χ4v) is 4.50. The van der Waals surface area contributed by atoms with Crippen molar-refractivity contribution in [1.29, 1.82) is 0 Å². The molecule has 0 aliphatic carbocycles. The Bertz CT molecular complexity index is 950. The van der Waals surface area contributed by atoms with Crippen molar-refractivity contribution in [1.82, 2.24) is 4.31 Å². The molecule has 6 nitrogen and oxygen atoms in total. The van der Waals surface area contributed by atoms with E-state index in [1.165, 1.54) is 10.4 Å². The van der Waals surface area contributed by atoms with E-state index in [4.69, 9.17) is 4.74 Å². The van der Waals surface area contributed by atoms with Crippen LogP contribution in [0.1, 0.15) is 37.0 Å². The van der Waals surface area contributed by atoms with Crippen LogP contribution >= 0.6 is 0 Å². The summed E-state index contributed by atoms with van der Waals surface area (Å²) in [7, 11) is -3.60. The molecule has 7 heteroatoms. The van der Waals surface area contributed by atoms with Crippen LogP contribution in [0.5, 0.6) is 5.75 Å². The number of amides is 1. The van der Waals surface area contributed by atoms with Gasteiger partial charge in [0.2, 0.25) is 15.9 Å². The molecular formula is C22H30N2O4S. The summed E-state index contributed by atoms with van der Waals surface area (Å²) in [6, 6.07) is 10.8. The van der Waals surface area contributed by atoms with Crippen LogP contribution in [0.15, 0.2) is 41.3 Å². The Hall–Kier alpha value is -2.38. The van der Waals surface area contributed by atoms with Crippen LogP contribution in [0.25, 0.3) is 0 Å². The van der Waals surface area contributed by atoms with Crippen molar-refractivity contribution in [2.24, 2.45) is 0 Å².